The molecule has 1 saturated carbocycles. The number of cyclic esters (lactones) is 1. The molecule has 1 aliphatic heterocycles. The molecule has 1 fully saturated rings. The molecule has 162 valence electrons. The van der Waals surface area contributed by atoms with Crippen molar-refractivity contribution in [1.82, 2.24) is 0 Å². The lowest BCUT2D eigenvalue weighted by molar-refractivity contribution is 0.0459. The number of ether oxygens (including phenoxy) is 2. The Hall–Kier alpha value is -2.88. The van der Waals surface area contributed by atoms with Gasteiger partial charge in [0, 0.05) is 23.1 Å². The van der Waals surface area contributed by atoms with E-state index in [2.05, 4.69) is 18.2 Å². The first-order valence-corrected chi connectivity index (χ1v) is 11.2. The zero-order valence-corrected chi connectivity index (χ0v) is 18.6. The molecule has 0 amide bonds. The van der Waals surface area contributed by atoms with Crippen molar-refractivity contribution in [3.8, 4) is 11.5 Å². The van der Waals surface area contributed by atoms with Crippen molar-refractivity contribution in [3.05, 3.63) is 64.2 Å². The minimum Gasteiger partial charge on any atom is -0.457 e. The van der Waals surface area contributed by atoms with Crippen LogP contribution in [0.15, 0.2) is 36.4 Å². The molecule has 2 aromatic carbocycles. The molecule has 0 saturated heterocycles. The van der Waals surface area contributed by atoms with Crippen molar-refractivity contribution in [2.75, 3.05) is 0 Å². The Morgan fingerprint density at radius 1 is 1.16 bits per heavy atom. The third kappa shape index (κ3) is 4.90. The molecule has 4 nitrogen and oxygen atoms in total. The van der Waals surface area contributed by atoms with Gasteiger partial charge in [-0.2, -0.15) is 0 Å². The average Bonchev–Trinajstić information content (AvgIpc) is 3.24. The average molecular weight is 419 g/mol. The normalized spacial score (nSPS) is 16.5. The summed E-state index contributed by atoms with van der Waals surface area (Å²) < 4.78 is 11.9. The zero-order chi connectivity index (χ0) is 22.0. The number of hydrogen-bond acceptors (Lipinski definition) is 4. The van der Waals surface area contributed by atoms with Crippen LogP contribution in [0.4, 0.5) is 0 Å². The van der Waals surface area contributed by atoms with Gasteiger partial charge in [-0.05, 0) is 67.5 Å². The second-order valence-electron chi connectivity index (χ2n) is 9.16. The third-order valence-electron chi connectivity index (χ3n) is 5.97. The predicted molar refractivity (Wildman–Crippen MR) is 122 cm³/mol. The summed E-state index contributed by atoms with van der Waals surface area (Å²) in [5.41, 5.74) is 3.75. The second-order valence-corrected chi connectivity index (χ2v) is 9.16. The summed E-state index contributed by atoms with van der Waals surface area (Å²) in [6.07, 6.45) is 9.92. The van der Waals surface area contributed by atoms with Crippen LogP contribution in [0.2, 0.25) is 0 Å². The maximum Gasteiger partial charge on any atom is 0.342 e. The van der Waals surface area contributed by atoms with E-state index >= 15 is 0 Å². The minimum absolute atomic E-state index is 0.0175. The van der Waals surface area contributed by atoms with Gasteiger partial charge in [0.2, 0.25) is 0 Å². The zero-order valence-electron chi connectivity index (χ0n) is 18.6. The molecule has 1 heterocycles. The topological polar surface area (TPSA) is 52.6 Å². The number of aryl methyl sites for hydroxylation is 1. The van der Waals surface area contributed by atoms with Crippen LogP contribution in [0.1, 0.15) is 83.4 Å². The lowest BCUT2D eigenvalue weighted by Crippen LogP contribution is -2.13. The number of carbonyl (C=O) groups is 2. The highest BCUT2D eigenvalue weighted by Crippen LogP contribution is 2.37. The van der Waals surface area contributed by atoms with Crippen LogP contribution >= 0.6 is 0 Å². The number of carbonyl (C=O) groups excluding carboxylic acids is 2. The van der Waals surface area contributed by atoms with Gasteiger partial charge in [0.05, 0.1) is 0 Å². The van der Waals surface area contributed by atoms with Crippen molar-refractivity contribution in [2.24, 2.45) is 11.8 Å². The standard InChI is InChI=1S/C27H30O4/c1-17(2)12-24(28)20-10-11-25-23(15-20)27(29)30-16-22-14-18(3)13-21(26(22)31-25)9-8-19-6-4-5-7-19/h8-11,13-15,17,19H,4-7,12,16H2,1-3H3/b9-8+. The summed E-state index contributed by atoms with van der Waals surface area (Å²) in [6.45, 7) is 6.18. The molecule has 1 aliphatic carbocycles. The molecule has 2 aliphatic rings. The van der Waals surface area contributed by atoms with E-state index in [0.717, 1.165) is 22.4 Å². The Bertz CT molecular complexity index is 1030. The number of benzene rings is 2. The van der Waals surface area contributed by atoms with Crippen LogP contribution in [-0.4, -0.2) is 11.8 Å². The number of rotatable bonds is 5. The third-order valence-corrected chi connectivity index (χ3v) is 5.97. The second kappa shape index (κ2) is 9.09. The number of fused-ring (bicyclic) bond motifs is 2. The SMILES string of the molecule is Cc1cc(/C=C/C2CCCC2)c2c(c1)COC(=O)c1cc(C(=O)CC(C)C)ccc1O2. The minimum atomic E-state index is -0.468. The fourth-order valence-electron chi connectivity index (χ4n) is 4.39. The van der Waals surface area contributed by atoms with Gasteiger partial charge in [0.15, 0.2) is 5.78 Å². The fraction of sp³-hybridized carbons (Fsp3) is 0.407. The van der Waals surface area contributed by atoms with Crippen molar-refractivity contribution < 1.29 is 19.1 Å². The highest BCUT2D eigenvalue weighted by Gasteiger charge is 2.24. The van der Waals surface area contributed by atoms with E-state index in [1.165, 1.54) is 25.7 Å². The van der Waals surface area contributed by atoms with E-state index in [1.807, 2.05) is 26.8 Å². The van der Waals surface area contributed by atoms with Crippen LogP contribution in [-0.2, 0) is 11.3 Å². The molecule has 4 heteroatoms. The van der Waals surface area contributed by atoms with Gasteiger partial charge in [-0.15, -0.1) is 0 Å². The van der Waals surface area contributed by atoms with Gasteiger partial charge in [0.1, 0.15) is 23.7 Å². The summed E-state index contributed by atoms with van der Waals surface area (Å²) in [5, 5.41) is 0. The molecule has 31 heavy (non-hydrogen) atoms. The Labute approximate surface area is 184 Å². The Morgan fingerprint density at radius 2 is 1.94 bits per heavy atom. The van der Waals surface area contributed by atoms with Gasteiger partial charge in [0.25, 0.3) is 0 Å². The predicted octanol–water partition coefficient (Wildman–Crippen LogP) is 6.89. The lowest BCUT2D eigenvalue weighted by atomic mass is 9.98. The Balaban J connectivity index is 1.70. The van der Waals surface area contributed by atoms with E-state index in [0.29, 0.717) is 29.2 Å². The van der Waals surface area contributed by atoms with Crippen LogP contribution < -0.4 is 4.74 Å². The molecule has 0 unspecified atom stereocenters. The van der Waals surface area contributed by atoms with Crippen LogP contribution in [0, 0.1) is 18.8 Å². The van der Waals surface area contributed by atoms with Gasteiger partial charge in [-0.3, -0.25) is 4.79 Å². The van der Waals surface area contributed by atoms with Gasteiger partial charge in [-0.1, -0.05) is 38.8 Å². The van der Waals surface area contributed by atoms with E-state index < -0.39 is 5.97 Å². The van der Waals surface area contributed by atoms with E-state index in [-0.39, 0.29) is 18.3 Å². The summed E-state index contributed by atoms with van der Waals surface area (Å²) >= 11 is 0. The van der Waals surface area contributed by atoms with Crippen molar-refractivity contribution in [3.63, 3.8) is 0 Å². The molecule has 2 aromatic rings. The van der Waals surface area contributed by atoms with E-state index in [9.17, 15) is 9.59 Å². The number of esters is 1. The molecule has 4 rings (SSSR count). The Morgan fingerprint density at radius 3 is 2.68 bits per heavy atom. The van der Waals surface area contributed by atoms with E-state index in [1.54, 1.807) is 18.2 Å². The first-order valence-electron chi connectivity index (χ1n) is 11.2. The number of Topliss-reactive ketones (excluding diaryl/α,β-unsaturated/α-hetero) is 1. The monoisotopic (exact) mass is 418 g/mol. The summed E-state index contributed by atoms with van der Waals surface area (Å²) in [4.78, 5) is 25.2. The lowest BCUT2D eigenvalue weighted by Gasteiger charge is -2.21. The number of hydrogen-bond donors (Lipinski definition) is 0. The van der Waals surface area contributed by atoms with Gasteiger partial charge in [-0.25, -0.2) is 4.79 Å². The highest BCUT2D eigenvalue weighted by molar-refractivity contribution is 6.00. The molecule has 0 atom stereocenters. The van der Waals surface area contributed by atoms with Crippen molar-refractivity contribution in [2.45, 2.75) is 59.5 Å². The summed E-state index contributed by atoms with van der Waals surface area (Å²) in [5.74, 6) is 1.56. The molecule has 0 aromatic heterocycles. The first kappa shape index (κ1) is 21.4. The van der Waals surface area contributed by atoms with Crippen LogP contribution in [0.5, 0.6) is 11.5 Å². The Kier molecular flexibility index (Phi) is 6.26. The van der Waals surface area contributed by atoms with Crippen LogP contribution in [0.25, 0.3) is 6.08 Å². The smallest absolute Gasteiger partial charge is 0.342 e. The van der Waals surface area contributed by atoms with E-state index in [4.69, 9.17) is 9.47 Å². The molecule has 0 N–H and O–H groups in total. The number of allylic oxidation sites excluding steroid dienone is 1. The summed E-state index contributed by atoms with van der Waals surface area (Å²) in [6, 6.07) is 9.16. The molecule has 0 bridgehead atoms. The van der Waals surface area contributed by atoms with Gasteiger partial charge < -0.3 is 9.47 Å². The first-order chi connectivity index (χ1) is 14.9. The summed E-state index contributed by atoms with van der Waals surface area (Å²) in [7, 11) is 0. The molecular formula is C27H30O4. The number of ketones is 1. The fourth-order valence-corrected chi connectivity index (χ4v) is 4.39. The van der Waals surface area contributed by atoms with Gasteiger partial charge >= 0.3 is 5.97 Å². The van der Waals surface area contributed by atoms with Crippen molar-refractivity contribution >= 4 is 17.8 Å². The molecule has 0 radical (unpaired) electrons. The molecule has 0 spiro atoms. The quantitative estimate of drug-likeness (QED) is 0.392. The van der Waals surface area contributed by atoms with Crippen LogP contribution in [0.3, 0.4) is 0 Å². The largest absolute Gasteiger partial charge is 0.457 e. The maximum atomic E-state index is 12.7. The van der Waals surface area contributed by atoms with Crippen molar-refractivity contribution in [1.29, 1.82) is 0 Å². The highest BCUT2D eigenvalue weighted by atomic mass is 16.5. The molecular weight excluding hydrogens is 388 g/mol. The maximum absolute atomic E-state index is 12.7.